The first kappa shape index (κ1) is 10.8. The summed E-state index contributed by atoms with van der Waals surface area (Å²) in [6, 6.07) is 16.0. The van der Waals surface area contributed by atoms with Gasteiger partial charge in [-0.2, -0.15) is 0 Å². The van der Waals surface area contributed by atoms with Crippen LogP contribution in [0.1, 0.15) is 12.0 Å². The zero-order chi connectivity index (χ0) is 12.4. The molecular formula is C15H15N3. The fourth-order valence-corrected chi connectivity index (χ4v) is 2.16. The molecule has 0 aliphatic carbocycles. The minimum Gasteiger partial charge on any atom is -0.399 e. The lowest BCUT2D eigenvalue weighted by atomic mass is 10.1. The predicted octanol–water partition coefficient (Wildman–Crippen LogP) is 3.21. The standard InChI is InChI=1S/C15H15N3/c16-12-5-3-4-11(10-12)13-8-9-17-14-6-1-2-7-15(14)18-13/h1-7,10,17H,8-9,16H2. The minimum absolute atomic E-state index is 0.778. The molecule has 1 aliphatic heterocycles. The third-order valence-electron chi connectivity index (χ3n) is 3.06. The molecule has 0 spiro atoms. The van der Waals surface area contributed by atoms with Crippen molar-refractivity contribution in [1.29, 1.82) is 0 Å². The SMILES string of the molecule is Nc1cccc(C2=Nc3ccccc3NCC2)c1. The van der Waals surface area contributed by atoms with Crippen molar-refractivity contribution in [3.63, 3.8) is 0 Å². The molecule has 3 heteroatoms. The zero-order valence-electron chi connectivity index (χ0n) is 10.1. The normalized spacial score (nSPS) is 14.1. The molecule has 0 fully saturated rings. The Bertz CT molecular complexity index is 602. The van der Waals surface area contributed by atoms with Gasteiger partial charge in [-0.25, -0.2) is 0 Å². The van der Waals surface area contributed by atoms with Gasteiger partial charge in [-0.15, -0.1) is 0 Å². The summed E-state index contributed by atoms with van der Waals surface area (Å²) < 4.78 is 0. The number of rotatable bonds is 1. The van der Waals surface area contributed by atoms with Crippen molar-refractivity contribution in [1.82, 2.24) is 0 Å². The van der Waals surface area contributed by atoms with Gasteiger partial charge >= 0.3 is 0 Å². The van der Waals surface area contributed by atoms with E-state index in [1.54, 1.807) is 0 Å². The summed E-state index contributed by atoms with van der Waals surface area (Å²) >= 11 is 0. The summed E-state index contributed by atoms with van der Waals surface area (Å²) in [6.07, 6.45) is 0.901. The van der Waals surface area contributed by atoms with Crippen molar-refractivity contribution in [2.24, 2.45) is 4.99 Å². The van der Waals surface area contributed by atoms with Crippen LogP contribution in [-0.4, -0.2) is 12.3 Å². The van der Waals surface area contributed by atoms with Gasteiger partial charge in [-0.05, 0) is 29.8 Å². The number of nitrogens with zero attached hydrogens (tertiary/aromatic N) is 1. The molecule has 0 atom stereocenters. The van der Waals surface area contributed by atoms with E-state index in [0.717, 1.165) is 41.3 Å². The summed E-state index contributed by atoms with van der Waals surface area (Å²) in [7, 11) is 0. The number of fused-ring (bicyclic) bond motifs is 1. The molecule has 0 saturated carbocycles. The third-order valence-corrected chi connectivity index (χ3v) is 3.06. The first-order valence-electron chi connectivity index (χ1n) is 6.09. The van der Waals surface area contributed by atoms with E-state index >= 15 is 0 Å². The van der Waals surface area contributed by atoms with E-state index in [0.29, 0.717) is 0 Å². The van der Waals surface area contributed by atoms with Crippen molar-refractivity contribution in [2.75, 3.05) is 17.6 Å². The Morgan fingerprint density at radius 1 is 1.06 bits per heavy atom. The summed E-state index contributed by atoms with van der Waals surface area (Å²) in [5, 5.41) is 3.39. The van der Waals surface area contributed by atoms with Crippen LogP contribution in [-0.2, 0) is 0 Å². The molecule has 1 aliphatic rings. The van der Waals surface area contributed by atoms with E-state index in [2.05, 4.69) is 17.4 Å². The second-order valence-electron chi connectivity index (χ2n) is 4.38. The van der Waals surface area contributed by atoms with Gasteiger partial charge < -0.3 is 11.1 Å². The summed E-state index contributed by atoms with van der Waals surface area (Å²) in [5.74, 6) is 0. The predicted molar refractivity (Wildman–Crippen MR) is 76.6 cm³/mol. The molecule has 2 aromatic carbocycles. The average Bonchev–Trinajstić information content (AvgIpc) is 2.60. The fraction of sp³-hybridized carbons (Fsp3) is 0.133. The van der Waals surface area contributed by atoms with Gasteiger partial charge in [-0.1, -0.05) is 24.3 Å². The number of hydrogen-bond acceptors (Lipinski definition) is 3. The smallest absolute Gasteiger partial charge is 0.0864 e. The molecule has 0 radical (unpaired) electrons. The molecule has 0 aromatic heterocycles. The van der Waals surface area contributed by atoms with Gasteiger partial charge in [0.05, 0.1) is 17.1 Å². The summed E-state index contributed by atoms with van der Waals surface area (Å²) in [6.45, 7) is 0.893. The lowest BCUT2D eigenvalue weighted by Gasteiger charge is -2.04. The number of nitrogens with two attached hydrogens (primary N) is 1. The monoisotopic (exact) mass is 237 g/mol. The molecule has 0 amide bonds. The molecule has 1 heterocycles. The second kappa shape index (κ2) is 4.53. The van der Waals surface area contributed by atoms with Gasteiger partial charge in [-0.3, -0.25) is 4.99 Å². The van der Waals surface area contributed by atoms with E-state index in [9.17, 15) is 0 Å². The van der Waals surface area contributed by atoms with Crippen molar-refractivity contribution < 1.29 is 0 Å². The third kappa shape index (κ3) is 2.07. The highest BCUT2D eigenvalue weighted by molar-refractivity contribution is 6.04. The molecule has 2 aromatic rings. The van der Waals surface area contributed by atoms with E-state index in [-0.39, 0.29) is 0 Å². The molecule has 18 heavy (non-hydrogen) atoms. The number of para-hydroxylation sites is 2. The van der Waals surface area contributed by atoms with Gasteiger partial charge in [0.2, 0.25) is 0 Å². The molecular weight excluding hydrogens is 222 g/mol. The van der Waals surface area contributed by atoms with Gasteiger partial charge in [0.15, 0.2) is 0 Å². The van der Waals surface area contributed by atoms with E-state index in [4.69, 9.17) is 10.7 Å². The first-order chi connectivity index (χ1) is 8.83. The van der Waals surface area contributed by atoms with Crippen LogP contribution < -0.4 is 11.1 Å². The maximum absolute atomic E-state index is 5.83. The number of nitrogen functional groups attached to an aromatic ring is 1. The van der Waals surface area contributed by atoms with Crippen LogP contribution in [0.5, 0.6) is 0 Å². The molecule has 90 valence electrons. The topological polar surface area (TPSA) is 50.4 Å². The molecule has 3 nitrogen and oxygen atoms in total. The van der Waals surface area contributed by atoms with Crippen LogP contribution >= 0.6 is 0 Å². The van der Waals surface area contributed by atoms with Crippen LogP contribution in [0.25, 0.3) is 0 Å². The summed E-state index contributed by atoms with van der Waals surface area (Å²) in [4.78, 5) is 4.75. The quantitative estimate of drug-likeness (QED) is 0.748. The van der Waals surface area contributed by atoms with E-state index in [1.807, 2.05) is 36.4 Å². The Labute approximate surface area is 106 Å². The average molecular weight is 237 g/mol. The molecule has 3 N–H and O–H groups in total. The van der Waals surface area contributed by atoms with E-state index in [1.165, 1.54) is 0 Å². The number of nitrogens with one attached hydrogen (secondary N) is 1. The van der Waals surface area contributed by atoms with Gasteiger partial charge in [0, 0.05) is 18.7 Å². The van der Waals surface area contributed by atoms with Crippen molar-refractivity contribution in [3.8, 4) is 0 Å². The fourth-order valence-electron chi connectivity index (χ4n) is 2.16. The Balaban J connectivity index is 2.05. The Morgan fingerprint density at radius 2 is 1.94 bits per heavy atom. The van der Waals surface area contributed by atoms with Crippen LogP contribution in [0.3, 0.4) is 0 Å². The highest BCUT2D eigenvalue weighted by Crippen LogP contribution is 2.28. The Morgan fingerprint density at radius 3 is 2.83 bits per heavy atom. The molecule has 0 bridgehead atoms. The Kier molecular flexibility index (Phi) is 2.73. The van der Waals surface area contributed by atoms with Crippen LogP contribution in [0.2, 0.25) is 0 Å². The molecule has 3 rings (SSSR count). The highest BCUT2D eigenvalue weighted by atomic mass is 14.9. The van der Waals surface area contributed by atoms with Crippen molar-refractivity contribution in [2.45, 2.75) is 6.42 Å². The maximum atomic E-state index is 5.83. The zero-order valence-corrected chi connectivity index (χ0v) is 10.1. The number of benzene rings is 2. The summed E-state index contributed by atoms with van der Waals surface area (Å²) in [5.41, 5.74) is 10.9. The molecule has 0 unspecified atom stereocenters. The van der Waals surface area contributed by atoms with Gasteiger partial charge in [0.1, 0.15) is 0 Å². The van der Waals surface area contributed by atoms with Gasteiger partial charge in [0.25, 0.3) is 0 Å². The lowest BCUT2D eigenvalue weighted by Crippen LogP contribution is -2.07. The van der Waals surface area contributed by atoms with Crippen LogP contribution in [0.4, 0.5) is 17.1 Å². The largest absolute Gasteiger partial charge is 0.399 e. The number of aliphatic imine (C=N–C) groups is 1. The second-order valence-corrected chi connectivity index (χ2v) is 4.38. The maximum Gasteiger partial charge on any atom is 0.0864 e. The lowest BCUT2D eigenvalue weighted by molar-refractivity contribution is 1.12. The van der Waals surface area contributed by atoms with E-state index < -0.39 is 0 Å². The highest BCUT2D eigenvalue weighted by Gasteiger charge is 2.10. The Hall–Kier alpha value is -2.29. The van der Waals surface area contributed by atoms with Crippen molar-refractivity contribution >= 4 is 22.8 Å². The first-order valence-corrected chi connectivity index (χ1v) is 6.09. The molecule has 0 saturated heterocycles. The van der Waals surface area contributed by atoms with Crippen molar-refractivity contribution in [3.05, 3.63) is 54.1 Å². The van der Waals surface area contributed by atoms with Crippen LogP contribution in [0, 0.1) is 0 Å². The minimum atomic E-state index is 0.778. The number of anilines is 2. The van der Waals surface area contributed by atoms with Crippen LogP contribution in [0.15, 0.2) is 53.5 Å². The number of hydrogen-bond donors (Lipinski definition) is 2.